The third-order valence-electron chi connectivity index (χ3n) is 4.09. The number of carbonyl (C=O) groups is 3. The van der Waals surface area contributed by atoms with Gasteiger partial charge in [0.2, 0.25) is 5.91 Å². The zero-order chi connectivity index (χ0) is 18.7. The van der Waals surface area contributed by atoms with Gasteiger partial charge >= 0.3 is 0 Å². The molecule has 1 heterocycles. The van der Waals surface area contributed by atoms with Gasteiger partial charge in [-0.3, -0.25) is 14.4 Å². The number of carbonyl (C=O) groups excluding carboxylic acids is 3. The molecule has 0 fully saturated rings. The van der Waals surface area contributed by atoms with Crippen LogP contribution in [0.2, 0.25) is 0 Å². The fourth-order valence-electron chi connectivity index (χ4n) is 2.89. The molecule has 26 heavy (non-hydrogen) atoms. The second-order valence-corrected chi connectivity index (χ2v) is 6.00. The van der Waals surface area contributed by atoms with E-state index >= 15 is 0 Å². The smallest absolute Gasteiger partial charge is 0.255 e. The summed E-state index contributed by atoms with van der Waals surface area (Å²) in [5, 5.41) is 2.80. The quantitative estimate of drug-likeness (QED) is 0.854. The average molecular weight is 353 g/mol. The van der Waals surface area contributed by atoms with Crippen molar-refractivity contribution in [3.05, 3.63) is 53.6 Å². The molecule has 0 radical (unpaired) electrons. The second kappa shape index (κ2) is 7.26. The molecule has 0 unspecified atom stereocenters. The first kappa shape index (κ1) is 17.5. The first-order valence-corrected chi connectivity index (χ1v) is 8.17. The van der Waals surface area contributed by atoms with Crippen molar-refractivity contribution in [1.29, 1.82) is 0 Å². The summed E-state index contributed by atoms with van der Waals surface area (Å²) in [4.78, 5) is 36.6. The van der Waals surface area contributed by atoms with E-state index in [0.717, 1.165) is 17.7 Å². The molecule has 0 saturated heterocycles. The molecule has 0 spiro atoms. The van der Waals surface area contributed by atoms with Crippen molar-refractivity contribution in [3.63, 3.8) is 0 Å². The molecule has 0 atom stereocenters. The number of nitrogens with two attached hydrogens (primary N) is 1. The molecule has 0 bridgehead atoms. The molecule has 3 rings (SSSR count). The zero-order valence-electron chi connectivity index (χ0n) is 14.3. The second-order valence-electron chi connectivity index (χ2n) is 6.00. The number of nitrogens with one attached hydrogen (secondary N) is 1. The molecule has 3 N–H and O–H groups in total. The number of primary amides is 1. The summed E-state index contributed by atoms with van der Waals surface area (Å²) in [5.41, 5.74) is 7.94. The van der Waals surface area contributed by atoms with Crippen LogP contribution in [0.1, 0.15) is 22.8 Å². The Morgan fingerprint density at radius 1 is 1.19 bits per heavy atom. The molecule has 0 aromatic heterocycles. The molecule has 2 aromatic rings. The molecule has 7 heteroatoms. The lowest BCUT2D eigenvalue weighted by molar-refractivity contribution is -0.120. The minimum Gasteiger partial charge on any atom is -0.484 e. The van der Waals surface area contributed by atoms with Gasteiger partial charge in [0.05, 0.1) is 0 Å². The number of ether oxygens (including phenoxy) is 1. The van der Waals surface area contributed by atoms with Gasteiger partial charge in [-0.1, -0.05) is 6.07 Å². The molecule has 0 saturated carbocycles. The van der Waals surface area contributed by atoms with Crippen molar-refractivity contribution in [1.82, 2.24) is 0 Å². The fraction of sp³-hybridized carbons (Fsp3) is 0.211. The highest BCUT2D eigenvalue weighted by atomic mass is 16.5. The first-order chi connectivity index (χ1) is 12.4. The molecule has 134 valence electrons. The molecule has 3 amide bonds. The highest BCUT2D eigenvalue weighted by Crippen LogP contribution is 2.29. The highest BCUT2D eigenvalue weighted by Gasteiger charge is 2.23. The summed E-state index contributed by atoms with van der Waals surface area (Å²) in [6.45, 7) is 1.94. The van der Waals surface area contributed by atoms with Crippen molar-refractivity contribution in [3.8, 4) is 5.75 Å². The molecule has 0 aliphatic carbocycles. The van der Waals surface area contributed by atoms with E-state index < -0.39 is 5.91 Å². The maximum Gasteiger partial charge on any atom is 0.255 e. The minimum atomic E-state index is -0.572. The minimum absolute atomic E-state index is 0.00581. The maximum absolute atomic E-state index is 12.5. The summed E-state index contributed by atoms with van der Waals surface area (Å²) in [7, 11) is 0. The molecule has 1 aliphatic rings. The lowest BCUT2D eigenvalue weighted by Gasteiger charge is -2.15. The summed E-state index contributed by atoms with van der Waals surface area (Å²) >= 11 is 0. The monoisotopic (exact) mass is 353 g/mol. The van der Waals surface area contributed by atoms with Gasteiger partial charge in [0.25, 0.3) is 11.8 Å². The van der Waals surface area contributed by atoms with Gasteiger partial charge in [0.15, 0.2) is 6.61 Å². The number of nitrogens with zero attached hydrogens (tertiary/aromatic N) is 1. The number of fused-ring (bicyclic) bond motifs is 1. The summed E-state index contributed by atoms with van der Waals surface area (Å²) in [6.07, 6.45) is 0.729. The molecular weight excluding hydrogens is 334 g/mol. The Morgan fingerprint density at radius 2 is 2.00 bits per heavy atom. The van der Waals surface area contributed by atoms with Crippen LogP contribution in [0.4, 0.5) is 11.4 Å². The van der Waals surface area contributed by atoms with Crippen LogP contribution in [0.15, 0.2) is 42.5 Å². The Morgan fingerprint density at radius 3 is 2.73 bits per heavy atom. The third-order valence-corrected chi connectivity index (χ3v) is 4.09. The zero-order valence-corrected chi connectivity index (χ0v) is 14.3. The van der Waals surface area contributed by atoms with E-state index in [1.54, 1.807) is 47.4 Å². The van der Waals surface area contributed by atoms with Gasteiger partial charge in [-0.15, -0.1) is 0 Å². The van der Waals surface area contributed by atoms with E-state index in [-0.39, 0.29) is 18.4 Å². The van der Waals surface area contributed by atoms with Crippen LogP contribution in [0, 0.1) is 0 Å². The molecule has 2 aromatic carbocycles. The Balaban J connectivity index is 1.72. The third kappa shape index (κ3) is 3.83. The predicted molar refractivity (Wildman–Crippen MR) is 97.3 cm³/mol. The molecule has 7 nitrogen and oxygen atoms in total. The van der Waals surface area contributed by atoms with Gasteiger partial charge in [0, 0.05) is 36.5 Å². The summed E-state index contributed by atoms with van der Waals surface area (Å²) < 4.78 is 5.23. The number of benzene rings is 2. The number of rotatable bonds is 5. The van der Waals surface area contributed by atoms with Crippen LogP contribution >= 0.6 is 0 Å². The van der Waals surface area contributed by atoms with Crippen molar-refractivity contribution in [2.24, 2.45) is 5.73 Å². The van der Waals surface area contributed by atoms with Crippen molar-refractivity contribution in [2.45, 2.75) is 13.3 Å². The predicted octanol–water partition coefficient (Wildman–Crippen LogP) is 1.71. The Kier molecular flexibility index (Phi) is 4.88. The van der Waals surface area contributed by atoms with Crippen LogP contribution in [0.5, 0.6) is 5.75 Å². The largest absolute Gasteiger partial charge is 0.484 e. The van der Waals surface area contributed by atoms with Gasteiger partial charge in [0.1, 0.15) is 5.75 Å². The first-order valence-electron chi connectivity index (χ1n) is 8.17. The lowest BCUT2D eigenvalue weighted by Crippen LogP contribution is -2.25. The van der Waals surface area contributed by atoms with Gasteiger partial charge in [-0.05, 0) is 42.3 Å². The molecule has 1 aliphatic heterocycles. The Hall–Kier alpha value is -3.35. The van der Waals surface area contributed by atoms with E-state index in [9.17, 15) is 14.4 Å². The van der Waals surface area contributed by atoms with E-state index in [0.29, 0.717) is 23.5 Å². The van der Waals surface area contributed by atoms with E-state index in [1.165, 1.54) is 6.92 Å². The van der Waals surface area contributed by atoms with Crippen LogP contribution in [-0.2, 0) is 16.0 Å². The normalized spacial score (nSPS) is 12.4. The van der Waals surface area contributed by atoms with Crippen molar-refractivity contribution in [2.75, 3.05) is 23.4 Å². The van der Waals surface area contributed by atoms with Crippen LogP contribution in [0.3, 0.4) is 0 Å². The number of hydrogen-bond acceptors (Lipinski definition) is 4. The summed E-state index contributed by atoms with van der Waals surface area (Å²) in [5.74, 6) is -0.403. The highest BCUT2D eigenvalue weighted by molar-refractivity contribution is 6.05. The van der Waals surface area contributed by atoms with E-state index in [2.05, 4.69) is 5.32 Å². The van der Waals surface area contributed by atoms with Crippen LogP contribution in [-0.4, -0.2) is 30.9 Å². The topological polar surface area (TPSA) is 102 Å². The van der Waals surface area contributed by atoms with Gasteiger partial charge in [-0.2, -0.15) is 0 Å². The molecular formula is C19H19N3O4. The van der Waals surface area contributed by atoms with E-state index in [1.807, 2.05) is 0 Å². The van der Waals surface area contributed by atoms with Crippen molar-refractivity contribution < 1.29 is 19.1 Å². The Bertz CT molecular complexity index is 879. The number of anilines is 2. The van der Waals surface area contributed by atoms with E-state index in [4.69, 9.17) is 10.5 Å². The number of hydrogen-bond donors (Lipinski definition) is 2. The van der Waals surface area contributed by atoms with Crippen LogP contribution < -0.4 is 20.7 Å². The summed E-state index contributed by atoms with van der Waals surface area (Å²) in [6, 6.07) is 12.0. The fourth-order valence-corrected chi connectivity index (χ4v) is 2.89. The standard InChI is InChI=1S/C19H19N3O4/c1-12(23)22-8-7-13-9-14(5-6-17(13)22)19(25)21-15-3-2-4-16(10-15)26-11-18(20)24/h2-6,9-10H,7-8,11H2,1H3,(H2,20,24)(H,21,25). The van der Waals surface area contributed by atoms with Gasteiger partial charge < -0.3 is 20.7 Å². The van der Waals surface area contributed by atoms with Gasteiger partial charge in [-0.25, -0.2) is 0 Å². The lowest BCUT2D eigenvalue weighted by atomic mass is 10.1. The van der Waals surface area contributed by atoms with Crippen molar-refractivity contribution >= 4 is 29.1 Å². The maximum atomic E-state index is 12.5. The SMILES string of the molecule is CC(=O)N1CCc2cc(C(=O)Nc3cccc(OCC(N)=O)c3)ccc21. The number of amides is 3. The van der Waals surface area contributed by atoms with Crippen LogP contribution in [0.25, 0.3) is 0 Å². The Labute approximate surface area is 150 Å². The average Bonchev–Trinajstić information content (AvgIpc) is 3.03.